The van der Waals surface area contributed by atoms with Crippen molar-refractivity contribution in [2.45, 2.75) is 45.2 Å². The summed E-state index contributed by atoms with van der Waals surface area (Å²) in [4.78, 5) is 2.53. The Bertz CT molecular complexity index is 352. The second-order valence-corrected chi connectivity index (χ2v) is 5.10. The standard InChI is InChI=1S/C13H24N4/c1-11-9-13(16(2)15-11)10-17(8-7-14)12-5-3-4-6-12/h9,12H,3-8,10,14H2,1-2H3. The molecule has 17 heavy (non-hydrogen) atoms. The van der Waals surface area contributed by atoms with Crippen LogP contribution < -0.4 is 5.73 Å². The number of rotatable bonds is 5. The van der Waals surface area contributed by atoms with Crippen molar-refractivity contribution in [2.75, 3.05) is 13.1 Å². The third kappa shape index (κ3) is 3.07. The molecule has 0 aliphatic heterocycles. The molecule has 1 heterocycles. The molecule has 96 valence electrons. The minimum atomic E-state index is 0.730. The van der Waals surface area contributed by atoms with Crippen LogP contribution >= 0.6 is 0 Å². The molecule has 0 atom stereocenters. The lowest BCUT2D eigenvalue weighted by atomic mass is 10.2. The lowest BCUT2D eigenvalue weighted by Crippen LogP contribution is -2.37. The van der Waals surface area contributed by atoms with Crippen molar-refractivity contribution >= 4 is 0 Å². The molecular formula is C13H24N4. The molecule has 1 aliphatic carbocycles. The normalized spacial score (nSPS) is 17.2. The number of hydrogen-bond donors (Lipinski definition) is 1. The van der Waals surface area contributed by atoms with Crippen LogP contribution in [-0.4, -0.2) is 33.8 Å². The zero-order valence-corrected chi connectivity index (χ0v) is 11.0. The minimum absolute atomic E-state index is 0.730. The Morgan fingerprint density at radius 3 is 2.71 bits per heavy atom. The highest BCUT2D eigenvalue weighted by Gasteiger charge is 2.22. The Morgan fingerprint density at radius 2 is 2.18 bits per heavy atom. The summed E-state index contributed by atoms with van der Waals surface area (Å²) in [6.07, 6.45) is 5.40. The van der Waals surface area contributed by atoms with Crippen LogP contribution in [0.4, 0.5) is 0 Å². The molecule has 1 aromatic heterocycles. The third-order valence-corrected chi connectivity index (χ3v) is 3.72. The smallest absolute Gasteiger partial charge is 0.0597 e. The number of hydrogen-bond acceptors (Lipinski definition) is 3. The molecule has 4 nitrogen and oxygen atoms in total. The summed E-state index contributed by atoms with van der Waals surface area (Å²) in [7, 11) is 2.03. The van der Waals surface area contributed by atoms with Gasteiger partial charge in [0.05, 0.1) is 11.4 Å². The van der Waals surface area contributed by atoms with E-state index in [1.54, 1.807) is 0 Å². The molecule has 0 spiro atoms. The van der Waals surface area contributed by atoms with Gasteiger partial charge in [-0.15, -0.1) is 0 Å². The van der Waals surface area contributed by atoms with Crippen molar-refractivity contribution in [1.29, 1.82) is 0 Å². The van der Waals surface area contributed by atoms with Gasteiger partial charge < -0.3 is 5.73 Å². The Balaban J connectivity index is 2.03. The van der Waals surface area contributed by atoms with E-state index in [-0.39, 0.29) is 0 Å². The van der Waals surface area contributed by atoms with Crippen LogP contribution in [0.1, 0.15) is 37.1 Å². The number of nitrogens with two attached hydrogens (primary N) is 1. The quantitative estimate of drug-likeness (QED) is 0.841. The fraction of sp³-hybridized carbons (Fsp3) is 0.769. The largest absolute Gasteiger partial charge is 0.329 e. The first kappa shape index (κ1) is 12.6. The first-order valence-electron chi connectivity index (χ1n) is 6.64. The highest BCUT2D eigenvalue weighted by Crippen LogP contribution is 2.24. The molecule has 0 bridgehead atoms. The highest BCUT2D eigenvalue weighted by atomic mass is 15.3. The molecule has 1 saturated carbocycles. The summed E-state index contributed by atoms with van der Waals surface area (Å²) in [5.41, 5.74) is 8.12. The molecule has 2 N–H and O–H groups in total. The van der Waals surface area contributed by atoms with E-state index in [0.29, 0.717) is 0 Å². The average Bonchev–Trinajstić information content (AvgIpc) is 2.88. The van der Waals surface area contributed by atoms with E-state index in [1.165, 1.54) is 31.4 Å². The molecule has 0 radical (unpaired) electrons. The van der Waals surface area contributed by atoms with Gasteiger partial charge in [0.25, 0.3) is 0 Å². The van der Waals surface area contributed by atoms with Crippen LogP contribution in [0, 0.1) is 6.92 Å². The van der Waals surface area contributed by atoms with Gasteiger partial charge in [0.2, 0.25) is 0 Å². The highest BCUT2D eigenvalue weighted by molar-refractivity contribution is 5.08. The summed E-state index contributed by atoms with van der Waals surface area (Å²) in [6.45, 7) is 4.77. The summed E-state index contributed by atoms with van der Waals surface area (Å²) < 4.78 is 1.99. The summed E-state index contributed by atoms with van der Waals surface area (Å²) in [5, 5.41) is 4.41. The van der Waals surface area contributed by atoms with Crippen molar-refractivity contribution in [3.8, 4) is 0 Å². The van der Waals surface area contributed by atoms with Crippen LogP contribution in [0.15, 0.2) is 6.07 Å². The summed E-state index contributed by atoms with van der Waals surface area (Å²) in [6, 6.07) is 2.91. The van der Waals surface area contributed by atoms with E-state index in [4.69, 9.17) is 5.73 Å². The molecule has 2 rings (SSSR count). The van der Waals surface area contributed by atoms with Gasteiger partial charge in [-0.2, -0.15) is 5.10 Å². The van der Waals surface area contributed by atoms with Crippen LogP contribution in [0.5, 0.6) is 0 Å². The van der Waals surface area contributed by atoms with Crippen molar-refractivity contribution in [2.24, 2.45) is 12.8 Å². The molecule has 4 heteroatoms. The van der Waals surface area contributed by atoms with Gasteiger partial charge in [0, 0.05) is 32.7 Å². The minimum Gasteiger partial charge on any atom is -0.329 e. The maximum absolute atomic E-state index is 5.73. The van der Waals surface area contributed by atoms with Gasteiger partial charge in [0.1, 0.15) is 0 Å². The second-order valence-electron chi connectivity index (χ2n) is 5.10. The monoisotopic (exact) mass is 236 g/mol. The van der Waals surface area contributed by atoms with Gasteiger partial charge in [-0.3, -0.25) is 9.58 Å². The molecule has 1 aromatic rings. The topological polar surface area (TPSA) is 47.1 Å². The van der Waals surface area contributed by atoms with E-state index in [2.05, 4.69) is 16.1 Å². The molecule has 0 aromatic carbocycles. The number of aromatic nitrogens is 2. The van der Waals surface area contributed by atoms with E-state index >= 15 is 0 Å². The lowest BCUT2D eigenvalue weighted by Gasteiger charge is -2.28. The predicted molar refractivity (Wildman–Crippen MR) is 69.7 cm³/mol. The molecule has 0 saturated heterocycles. The first-order valence-corrected chi connectivity index (χ1v) is 6.64. The van der Waals surface area contributed by atoms with Gasteiger partial charge in [-0.1, -0.05) is 12.8 Å². The molecule has 0 unspecified atom stereocenters. The lowest BCUT2D eigenvalue weighted by molar-refractivity contribution is 0.190. The summed E-state index contributed by atoms with van der Waals surface area (Å²) >= 11 is 0. The molecule has 1 aliphatic rings. The van der Waals surface area contributed by atoms with Crippen molar-refractivity contribution < 1.29 is 0 Å². The second kappa shape index (κ2) is 5.65. The Morgan fingerprint density at radius 1 is 1.47 bits per heavy atom. The van der Waals surface area contributed by atoms with E-state index < -0.39 is 0 Å². The van der Waals surface area contributed by atoms with Crippen LogP contribution in [0.25, 0.3) is 0 Å². The van der Waals surface area contributed by atoms with Gasteiger partial charge in [-0.05, 0) is 25.8 Å². The van der Waals surface area contributed by atoms with Gasteiger partial charge >= 0.3 is 0 Å². The average molecular weight is 236 g/mol. The van der Waals surface area contributed by atoms with Crippen LogP contribution in [0.2, 0.25) is 0 Å². The number of nitrogens with zero attached hydrogens (tertiary/aromatic N) is 3. The zero-order valence-electron chi connectivity index (χ0n) is 11.0. The van der Waals surface area contributed by atoms with Gasteiger partial charge in [-0.25, -0.2) is 0 Å². The van der Waals surface area contributed by atoms with Crippen molar-refractivity contribution in [3.63, 3.8) is 0 Å². The molecule has 0 amide bonds. The summed E-state index contributed by atoms with van der Waals surface area (Å²) in [5.74, 6) is 0. The van der Waals surface area contributed by atoms with Gasteiger partial charge in [0.15, 0.2) is 0 Å². The maximum atomic E-state index is 5.73. The Hall–Kier alpha value is -0.870. The Labute approximate surface area is 104 Å². The van der Waals surface area contributed by atoms with Crippen LogP contribution in [-0.2, 0) is 13.6 Å². The molecular weight excluding hydrogens is 212 g/mol. The maximum Gasteiger partial charge on any atom is 0.0597 e. The first-order chi connectivity index (χ1) is 8.20. The zero-order chi connectivity index (χ0) is 12.3. The Kier molecular flexibility index (Phi) is 4.18. The van der Waals surface area contributed by atoms with Crippen LogP contribution in [0.3, 0.4) is 0 Å². The van der Waals surface area contributed by atoms with Crippen molar-refractivity contribution in [1.82, 2.24) is 14.7 Å². The molecule has 1 fully saturated rings. The van der Waals surface area contributed by atoms with Crippen molar-refractivity contribution in [3.05, 3.63) is 17.5 Å². The predicted octanol–water partition coefficient (Wildman–Crippen LogP) is 1.43. The third-order valence-electron chi connectivity index (χ3n) is 3.72. The fourth-order valence-corrected chi connectivity index (χ4v) is 2.85. The SMILES string of the molecule is Cc1cc(CN(CCN)C2CCCC2)n(C)n1. The van der Waals surface area contributed by atoms with E-state index in [1.807, 2.05) is 18.7 Å². The fourth-order valence-electron chi connectivity index (χ4n) is 2.85. The number of aryl methyl sites for hydroxylation is 2. The van der Waals surface area contributed by atoms with E-state index in [9.17, 15) is 0 Å². The van der Waals surface area contributed by atoms with E-state index in [0.717, 1.165) is 31.4 Å².